The van der Waals surface area contributed by atoms with E-state index in [0.717, 1.165) is 23.6 Å². The second kappa shape index (κ2) is 8.58. The molecule has 2 aliphatic heterocycles. The first-order valence-electron chi connectivity index (χ1n) is 9.76. The highest BCUT2D eigenvalue weighted by atomic mass is 16.5. The predicted molar refractivity (Wildman–Crippen MR) is 105 cm³/mol. The second-order valence-electron chi connectivity index (χ2n) is 7.21. The average molecular weight is 383 g/mol. The van der Waals surface area contributed by atoms with Gasteiger partial charge >= 0.3 is 0 Å². The smallest absolute Gasteiger partial charge is 0.253 e. The van der Waals surface area contributed by atoms with Crippen LogP contribution >= 0.6 is 0 Å². The van der Waals surface area contributed by atoms with Crippen molar-refractivity contribution in [1.82, 2.24) is 10.2 Å². The van der Waals surface area contributed by atoms with Gasteiger partial charge < -0.3 is 24.7 Å². The van der Waals surface area contributed by atoms with Gasteiger partial charge in [-0.3, -0.25) is 9.59 Å². The van der Waals surface area contributed by atoms with E-state index in [-0.39, 0.29) is 17.7 Å². The summed E-state index contributed by atoms with van der Waals surface area (Å²) in [4.78, 5) is 27.0. The Kier molecular flexibility index (Phi) is 5.73. The fourth-order valence-corrected chi connectivity index (χ4v) is 3.73. The van der Waals surface area contributed by atoms with E-state index in [4.69, 9.17) is 9.15 Å². The third kappa shape index (κ3) is 4.26. The first-order chi connectivity index (χ1) is 13.7. The monoisotopic (exact) mass is 383 g/mol. The number of piperidine rings is 1. The van der Waals surface area contributed by atoms with E-state index in [1.54, 1.807) is 6.26 Å². The Balaban J connectivity index is 1.31. The van der Waals surface area contributed by atoms with Crippen LogP contribution in [0, 0.1) is 5.92 Å². The molecule has 1 aromatic carbocycles. The van der Waals surface area contributed by atoms with Gasteiger partial charge in [0, 0.05) is 43.3 Å². The molecule has 7 nitrogen and oxygen atoms in total. The number of benzene rings is 1. The molecule has 1 aromatic heterocycles. The van der Waals surface area contributed by atoms with Gasteiger partial charge in [-0.2, -0.15) is 0 Å². The molecule has 0 bridgehead atoms. The van der Waals surface area contributed by atoms with E-state index in [9.17, 15) is 9.59 Å². The zero-order chi connectivity index (χ0) is 19.3. The number of morpholine rings is 1. The summed E-state index contributed by atoms with van der Waals surface area (Å²) in [6, 6.07) is 11.3. The van der Waals surface area contributed by atoms with Crippen molar-refractivity contribution < 1.29 is 18.7 Å². The summed E-state index contributed by atoms with van der Waals surface area (Å²) in [5, 5.41) is 6.18. The molecule has 2 aromatic rings. The number of ether oxygens (including phenoxy) is 1. The molecule has 4 rings (SSSR count). The first kappa shape index (κ1) is 18.7. The van der Waals surface area contributed by atoms with Gasteiger partial charge in [0.1, 0.15) is 11.9 Å². The highest BCUT2D eigenvalue weighted by Crippen LogP contribution is 2.25. The van der Waals surface area contributed by atoms with Crippen LogP contribution in [0.1, 0.15) is 12.8 Å². The van der Waals surface area contributed by atoms with Crippen molar-refractivity contribution >= 4 is 17.5 Å². The lowest BCUT2D eigenvalue weighted by atomic mass is 9.95. The summed E-state index contributed by atoms with van der Waals surface area (Å²) in [7, 11) is 0. The number of hydrogen-bond donors (Lipinski definition) is 2. The highest BCUT2D eigenvalue weighted by Gasteiger charge is 2.32. The number of nitrogens with one attached hydrogen (secondary N) is 2. The summed E-state index contributed by atoms with van der Waals surface area (Å²) < 4.78 is 11.0. The molecule has 0 unspecified atom stereocenters. The van der Waals surface area contributed by atoms with Crippen molar-refractivity contribution in [1.29, 1.82) is 0 Å². The van der Waals surface area contributed by atoms with Gasteiger partial charge in [-0.25, -0.2) is 0 Å². The van der Waals surface area contributed by atoms with Crippen LogP contribution in [0.3, 0.4) is 0 Å². The van der Waals surface area contributed by atoms with E-state index in [2.05, 4.69) is 10.6 Å². The summed E-state index contributed by atoms with van der Waals surface area (Å²) in [6.45, 7) is 3.08. The summed E-state index contributed by atoms with van der Waals surface area (Å²) in [6.07, 6.45) is 2.55. The van der Waals surface area contributed by atoms with E-state index < -0.39 is 6.10 Å². The molecule has 2 saturated heterocycles. The van der Waals surface area contributed by atoms with Crippen LogP contribution in [0.2, 0.25) is 0 Å². The predicted octanol–water partition coefficient (Wildman–Crippen LogP) is 2.11. The van der Waals surface area contributed by atoms with E-state index in [0.29, 0.717) is 39.1 Å². The number of furan rings is 1. The van der Waals surface area contributed by atoms with Gasteiger partial charge in [-0.15, -0.1) is 0 Å². The van der Waals surface area contributed by atoms with Crippen LogP contribution in [-0.4, -0.2) is 55.6 Å². The minimum Gasteiger partial charge on any atom is -0.464 e. The minimum atomic E-state index is -0.400. The van der Waals surface area contributed by atoms with Gasteiger partial charge in [0.2, 0.25) is 5.91 Å². The van der Waals surface area contributed by atoms with Crippen molar-refractivity contribution in [2.24, 2.45) is 5.92 Å². The largest absolute Gasteiger partial charge is 0.464 e. The molecule has 2 amide bonds. The molecule has 1 atom stereocenters. The first-order valence-corrected chi connectivity index (χ1v) is 9.76. The maximum Gasteiger partial charge on any atom is 0.253 e. The zero-order valence-electron chi connectivity index (χ0n) is 15.7. The maximum absolute atomic E-state index is 12.7. The van der Waals surface area contributed by atoms with E-state index >= 15 is 0 Å². The molecule has 0 spiro atoms. The van der Waals surface area contributed by atoms with Crippen LogP contribution in [0.4, 0.5) is 5.69 Å². The zero-order valence-corrected chi connectivity index (χ0v) is 15.7. The van der Waals surface area contributed by atoms with Crippen LogP contribution in [0.25, 0.3) is 11.3 Å². The standard InChI is InChI=1S/C21H25N3O4/c25-20(23-17-4-1-3-16(13-17)18-5-2-11-27-18)15-6-9-24(10-7-15)21(26)19-14-22-8-12-28-19/h1-5,11,13,15,19,22H,6-10,12,14H2,(H,23,25)/t19-/m1/s1. The number of amides is 2. The Labute approximate surface area is 164 Å². The third-order valence-corrected chi connectivity index (χ3v) is 5.32. The molecule has 3 heterocycles. The fraction of sp³-hybridized carbons (Fsp3) is 0.429. The van der Waals surface area contributed by atoms with Crippen LogP contribution in [0.15, 0.2) is 47.1 Å². The van der Waals surface area contributed by atoms with Crippen molar-refractivity contribution in [2.45, 2.75) is 18.9 Å². The highest BCUT2D eigenvalue weighted by molar-refractivity contribution is 5.93. The molecular weight excluding hydrogens is 358 g/mol. The molecule has 7 heteroatoms. The summed E-state index contributed by atoms with van der Waals surface area (Å²) >= 11 is 0. The van der Waals surface area contributed by atoms with Crippen molar-refractivity contribution in [3.63, 3.8) is 0 Å². The molecule has 148 valence electrons. The SMILES string of the molecule is O=C(Nc1cccc(-c2ccco2)c1)C1CCN(C(=O)[C@H]2CNCCO2)CC1. The van der Waals surface area contributed by atoms with Gasteiger partial charge in [-0.1, -0.05) is 12.1 Å². The molecule has 0 saturated carbocycles. The lowest BCUT2D eigenvalue weighted by molar-refractivity contribution is -0.147. The molecular formula is C21H25N3O4. The minimum absolute atomic E-state index is 0.000670. The normalized spacial score (nSPS) is 20.7. The number of nitrogens with zero attached hydrogens (tertiary/aromatic N) is 1. The Hall–Kier alpha value is -2.64. The molecule has 28 heavy (non-hydrogen) atoms. The summed E-state index contributed by atoms with van der Waals surface area (Å²) in [5.41, 5.74) is 1.67. The Morgan fingerprint density at radius 1 is 1.14 bits per heavy atom. The Bertz CT molecular complexity index is 807. The topological polar surface area (TPSA) is 83.8 Å². The third-order valence-electron chi connectivity index (χ3n) is 5.32. The molecule has 0 aliphatic carbocycles. The summed E-state index contributed by atoms with van der Waals surface area (Å²) in [5.74, 6) is 0.695. The maximum atomic E-state index is 12.7. The van der Waals surface area contributed by atoms with Crippen LogP contribution in [-0.2, 0) is 14.3 Å². The fourth-order valence-electron chi connectivity index (χ4n) is 3.73. The number of likely N-dealkylation sites (tertiary alicyclic amines) is 1. The van der Waals surface area contributed by atoms with Gasteiger partial charge in [0.05, 0.1) is 12.9 Å². The quantitative estimate of drug-likeness (QED) is 0.845. The van der Waals surface area contributed by atoms with Crippen LogP contribution in [0.5, 0.6) is 0 Å². The van der Waals surface area contributed by atoms with Crippen molar-refractivity contribution in [3.05, 3.63) is 42.7 Å². The average Bonchev–Trinajstić information content (AvgIpc) is 3.29. The molecule has 2 fully saturated rings. The number of anilines is 1. The molecule has 0 radical (unpaired) electrons. The number of rotatable bonds is 4. The van der Waals surface area contributed by atoms with Gasteiger partial charge in [-0.05, 0) is 37.1 Å². The van der Waals surface area contributed by atoms with Gasteiger partial charge in [0.25, 0.3) is 5.91 Å². The Morgan fingerprint density at radius 2 is 2.00 bits per heavy atom. The Morgan fingerprint density at radius 3 is 2.71 bits per heavy atom. The van der Waals surface area contributed by atoms with E-state index in [1.165, 1.54) is 0 Å². The van der Waals surface area contributed by atoms with E-state index in [1.807, 2.05) is 41.3 Å². The number of carbonyl (C=O) groups is 2. The van der Waals surface area contributed by atoms with Gasteiger partial charge in [0.15, 0.2) is 0 Å². The lowest BCUT2D eigenvalue weighted by Gasteiger charge is -2.34. The number of hydrogen-bond acceptors (Lipinski definition) is 5. The van der Waals surface area contributed by atoms with Crippen molar-refractivity contribution in [3.8, 4) is 11.3 Å². The van der Waals surface area contributed by atoms with Crippen molar-refractivity contribution in [2.75, 3.05) is 38.1 Å². The second-order valence-corrected chi connectivity index (χ2v) is 7.21. The lowest BCUT2D eigenvalue weighted by Crippen LogP contribution is -2.51. The molecule has 2 N–H and O–H groups in total. The molecule has 2 aliphatic rings. The van der Waals surface area contributed by atoms with Crippen LogP contribution < -0.4 is 10.6 Å². The number of carbonyl (C=O) groups excluding carboxylic acids is 2.